The van der Waals surface area contributed by atoms with Gasteiger partial charge in [0.1, 0.15) is 5.69 Å². The van der Waals surface area contributed by atoms with Crippen LogP contribution in [0.25, 0.3) is 0 Å². The molecule has 0 saturated carbocycles. The number of hydrogen-bond donors (Lipinski definition) is 1. The van der Waals surface area contributed by atoms with Crippen molar-refractivity contribution in [2.24, 2.45) is 5.14 Å². The summed E-state index contributed by atoms with van der Waals surface area (Å²) >= 11 is 0. The number of rotatable bonds is 3. The molecule has 0 bridgehead atoms. The summed E-state index contributed by atoms with van der Waals surface area (Å²) in [6, 6.07) is 3.66. The first-order valence-electron chi connectivity index (χ1n) is 8.37. The molecular weight excluding hydrogens is 362 g/mol. The van der Waals surface area contributed by atoms with Gasteiger partial charge in [-0.05, 0) is 25.0 Å². The number of sulfonamides is 1. The molecule has 10 nitrogen and oxygen atoms in total. The summed E-state index contributed by atoms with van der Waals surface area (Å²) in [6.07, 6.45) is 2.04. The Morgan fingerprint density at radius 3 is 2.15 bits per heavy atom. The molecule has 2 fully saturated rings. The predicted molar refractivity (Wildman–Crippen MR) is 94.5 cm³/mol. The number of carbonyl (C=O) groups is 1. The van der Waals surface area contributed by atoms with E-state index in [0.29, 0.717) is 31.9 Å². The number of nitrogens with two attached hydrogens (primary N) is 1. The molecule has 26 heavy (non-hydrogen) atoms. The van der Waals surface area contributed by atoms with Crippen LogP contribution in [0.5, 0.6) is 0 Å². The SMILES string of the molecule is NS(=O)(=O)c1ccc(N2CCN(C(=O)N3CCCC3)CC2)c([N+](=O)[O-])c1. The van der Waals surface area contributed by atoms with Gasteiger partial charge in [-0.1, -0.05) is 0 Å². The number of nitro groups is 1. The van der Waals surface area contributed by atoms with Gasteiger partial charge in [0.15, 0.2) is 0 Å². The Kier molecular flexibility index (Phi) is 5.01. The number of anilines is 1. The number of carbonyl (C=O) groups excluding carboxylic acids is 1. The Balaban J connectivity index is 1.74. The standard InChI is InChI=1S/C15H21N5O5S/c16-26(24,25)12-3-4-13(14(11-12)20(22)23)17-7-9-19(10-8-17)15(21)18-5-1-2-6-18/h3-4,11H,1-2,5-10H2,(H2,16,24,25). The lowest BCUT2D eigenvalue weighted by Crippen LogP contribution is -2.52. The first kappa shape index (κ1) is 18.4. The highest BCUT2D eigenvalue weighted by atomic mass is 32.2. The van der Waals surface area contributed by atoms with Crippen molar-refractivity contribution in [3.05, 3.63) is 28.3 Å². The topological polar surface area (TPSA) is 130 Å². The fourth-order valence-electron chi connectivity index (χ4n) is 3.34. The zero-order valence-electron chi connectivity index (χ0n) is 14.2. The van der Waals surface area contributed by atoms with Crippen LogP contribution in [0.1, 0.15) is 12.8 Å². The van der Waals surface area contributed by atoms with E-state index in [1.165, 1.54) is 12.1 Å². The monoisotopic (exact) mass is 383 g/mol. The van der Waals surface area contributed by atoms with Gasteiger partial charge in [0.2, 0.25) is 10.0 Å². The van der Waals surface area contributed by atoms with Crippen LogP contribution < -0.4 is 10.0 Å². The van der Waals surface area contributed by atoms with Crippen molar-refractivity contribution in [1.29, 1.82) is 0 Å². The van der Waals surface area contributed by atoms with Crippen molar-refractivity contribution in [2.75, 3.05) is 44.2 Å². The molecule has 2 heterocycles. The Morgan fingerprint density at radius 2 is 1.62 bits per heavy atom. The van der Waals surface area contributed by atoms with Crippen LogP contribution in [0.4, 0.5) is 16.2 Å². The molecule has 2 N–H and O–H groups in total. The van der Waals surface area contributed by atoms with Gasteiger partial charge in [0, 0.05) is 45.3 Å². The molecule has 0 atom stereocenters. The first-order valence-corrected chi connectivity index (χ1v) is 9.92. The summed E-state index contributed by atoms with van der Waals surface area (Å²) in [5.41, 5.74) is 0.0199. The van der Waals surface area contributed by atoms with E-state index in [1.54, 1.807) is 9.80 Å². The maximum Gasteiger partial charge on any atom is 0.320 e. The molecule has 1 aromatic rings. The van der Waals surface area contributed by atoms with Gasteiger partial charge in [0.05, 0.1) is 9.82 Å². The lowest BCUT2D eigenvalue weighted by Gasteiger charge is -2.37. The fourth-order valence-corrected chi connectivity index (χ4v) is 3.87. The summed E-state index contributed by atoms with van der Waals surface area (Å²) in [5, 5.41) is 16.4. The van der Waals surface area contributed by atoms with Crippen LogP contribution in [0.2, 0.25) is 0 Å². The Hall–Kier alpha value is -2.40. The third kappa shape index (κ3) is 3.73. The van der Waals surface area contributed by atoms with Gasteiger partial charge < -0.3 is 14.7 Å². The number of primary sulfonamides is 1. The highest BCUT2D eigenvalue weighted by Crippen LogP contribution is 2.31. The molecule has 2 aliphatic heterocycles. The van der Waals surface area contributed by atoms with Crippen LogP contribution in [0.15, 0.2) is 23.1 Å². The van der Waals surface area contributed by atoms with Crippen molar-refractivity contribution in [3.63, 3.8) is 0 Å². The second-order valence-corrected chi connectivity index (χ2v) is 7.96. The number of nitrogens with zero attached hydrogens (tertiary/aromatic N) is 4. The molecule has 142 valence electrons. The molecule has 0 spiro atoms. The lowest BCUT2D eigenvalue weighted by atomic mass is 10.2. The Morgan fingerprint density at radius 1 is 1.04 bits per heavy atom. The van der Waals surface area contributed by atoms with Gasteiger partial charge in [-0.3, -0.25) is 10.1 Å². The van der Waals surface area contributed by atoms with Crippen molar-refractivity contribution in [1.82, 2.24) is 9.80 Å². The second kappa shape index (κ2) is 7.08. The van der Waals surface area contributed by atoms with Crippen molar-refractivity contribution >= 4 is 27.4 Å². The molecule has 2 saturated heterocycles. The van der Waals surface area contributed by atoms with Crippen LogP contribution in [0.3, 0.4) is 0 Å². The number of likely N-dealkylation sites (tertiary alicyclic amines) is 1. The van der Waals surface area contributed by atoms with E-state index in [1.807, 2.05) is 4.90 Å². The molecule has 0 unspecified atom stereocenters. The van der Waals surface area contributed by atoms with Gasteiger partial charge in [-0.2, -0.15) is 0 Å². The van der Waals surface area contributed by atoms with E-state index >= 15 is 0 Å². The lowest BCUT2D eigenvalue weighted by molar-refractivity contribution is -0.384. The minimum atomic E-state index is -4.02. The van der Waals surface area contributed by atoms with Crippen LogP contribution >= 0.6 is 0 Å². The molecule has 0 aromatic heterocycles. The van der Waals surface area contributed by atoms with Gasteiger partial charge in [0.25, 0.3) is 5.69 Å². The van der Waals surface area contributed by atoms with E-state index in [0.717, 1.165) is 32.0 Å². The molecule has 2 aliphatic rings. The van der Waals surface area contributed by atoms with Gasteiger partial charge in [-0.25, -0.2) is 18.4 Å². The minimum absolute atomic E-state index is 0.0150. The first-order chi connectivity index (χ1) is 12.3. The smallest absolute Gasteiger partial charge is 0.320 e. The van der Waals surface area contributed by atoms with Crippen molar-refractivity contribution < 1.29 is 18.1 Å². The number of hydrogen-bond acceptors (Lipinski definition) is 6. The van der Waals surface area contributed by atoms with Gasteiger partial charge in [-0.15, -0.1) is 0 Å². The van der Waals surface area contributed by atoms with E-state index < -0.39 is 14.9 Å². The van der Waals surface area contributed by atoms with Crippen LogP contribution in [-0.4, -0.2) is 68.4 Å². The molecule has 3 rings (SSSR count). The Labute approximate surface area is 151 Å². The molecular formula is C15H21N5O5S. The van der Waals surface area contributed by atoms with Gasteiger partial charge >= 0.3 is 6.03 Å². The number of urea groups is 1. The predicted octanol–water partition coefficient (Wildman–Crippen LogP) is 0.580. The average Bonchev–Trinajstić information content (AvgIpc) is 3.14. The van der Waals surface area contributed by atoms with Crippen LogP contribution in [0, 0.1) is 10.1 Å². The largest absolute Gasteiger partial charge is 0.362 e. The number of piperazine rings is 1. The molecule has 0 aliphatic carbocycles. The van der Waals surface area contributed by atoms with E-state index in [9.17, 15) is 23.3 Å². The van der Waals surface area contributed by atoms with Crippen LogP contribution in [-0.2, 0) is 10.0 Å². The third-order valence-corrected chi connectivity index (χ3v) is 5.65. The second-order valence-electron chi connectivity index (χ2n) is 6.40. The minimum Gasteiger partial charge on any atom is -0.362 e. The maximum absolute atomic E-state index is 12.4. The number of nitro benzene ring substituents is 1. The van der Waals surface area contributed by atoms with E-state index in [4.69, 9.17) is 5.14 Å². The fraction of sp³-hybridized carbons (Fsp3) is 0.533. The summed E-state index contributed by atoms with van der Waals surface area (Å²) in [4.78, 5) is 28.2. The zero-order chi connectivity index (χ0) is 18.9. The zero-order valence-corrected chi connectivity index (χ0v) is 15.0. The third-order valence-electron chi connectivity index (χ3n) is 4.74. The maximum atomic E-state index is 12.4. The normalized spacial score (nSPS) is 18.3. The molecule has 2 amide bonds. The highest BCUT2D eigenvalue weighted by Gasteiger charge is 2.29. The molecule has 11 heteroatoms. The summed E-state index contributed by atoms with van der Waals surface area (Å²) in [5.74, 6) is 0. The van der Waals surface area contributed by atoms with Crippen molar-refractivity contribution in [3.8, 4) is 0 Å². The summed E-state index contributed by atoms with van der Waals surface area (Å²) < 4.78 is 22.9. The molecule has 0 radical (unpaired) electrons. The Bertz CT molecular complexity index is 814. The summed E-state index contributed by atoms with van der Waals surface area (Å²) in [7, 11) is -4.02. The van der Waals surface area contributed by atoms with Crippen molar-refractivity contribution in [2.45, 2.75) is 17.7 Å². The average molecular weight is 383 g/mol. The van der Waals surface area contributed by atoms with E-state index in [2.05, 4.69) is 0 Å². The van der Waals surface area contributed by atoms with E-state index in [-0.39, 0.29) is 16.6 Å². The molecule has 1 aromatic carbocycles. The number of benzene rings is 1. The highest BCUT2D eigenvalue weighted by molar-refractivity contribution is 7.89. The number of amides is 2. The quantitative estimate of drug-likeness (QED) is 0.600. The summed E-state index contributed by atoms with van der Waals surface area (Å²) in [6.45, 7) is 3.36.